The molecule has 5 nitrogen and oxygen atoms in total. The average molecular weight is 392 g/mol. The number of carboxylic acids is 1. The zero-order chi connectivity index (χ0) is 19.4. The highest BCUT2D eigenvalue weighted by Crippen LogP contribution is 2.23. The van der Waals surface area contributed by atoms with Gasteiger partial charge in [-0.1, -0.05) is 29.8 Å². The fraction of sp³-hybridized carbons (Fsp3) is 0.300. The van der Waals surface area contributed by atoms with Gasteiger partial charge in [0.25, 0.3) is 0 Å². The van der Waals surface area contributed by atoms with Crippen LogP contribution in [-0.2, 0) is 22.6 Å². The lowest BCUT2D eigenvalue weighted by atomic mass is 10.1. The van der Waals surface area contributed by atoms with Crippen LogP contribution in [0.2, 0.25) is 5.02 Å². The van der Waals surface area contributed by atoms with E-state index in [0.29, 0.717) is 29.3 Å². The van der Waals surface area contributed by atoms with Crippen LogP contribution in [-0.4, -0.2) is 35.0 Å². The summed E-state index contributed by atoms with van der Waals surface area (Å²) >= 11 is 6.00. The minimum atomic E-state index is -0.937. The van der Waals surface area contributed by atoms with E-state index in [1.165, 1.54) is 12.1 Å². The molecule has 0 radical (unpaired) electrons. The Labute approximate surface area is 161 Å². The van der Waals surface area contributed by atoms with E-state index in [4.69, 9.17) is 21.4 Å². The van der Waals surface area contributed by atoms with Crippen LogP contribution in [0.15, 0.2) is 42.5 Å². The molecule has 0 saturated carbocycles. The van der Waals surface area contributed by atoms with Crippen molar-refractivity contribution in [3.8, 4) is 5.75 Å². The van der Waals surface area contributed by atoms with Gasteiger partial charge in [0.05, 0.1) is 10.9 Å². The Balaban J connectivity index is 1.58. The van der Waals surface area contributed by atoms with Crippen molar-refractivity contribution >= 4 is 23.5 Å². The van der Waals surface area contributed by atoms with E-state index in [1.807, 2.05) is 18.2 Å². The van der Waals surface area contributed by atoms with Crippen LogP contribution in [0.3, 0.4) is 0 Å². The summed E-state index contributed by atoms with van der Waals surface area (Å²) in [6.07, 6.45) is 0.637. The number of nitrogens with zero attached hydrogens (tertiary/aromatic N) is 1. The molecule has 1 aliphatic rings. The summed E-state index contributed by atoms with van der Waals surface area (Å²) in [7, 11) is 0. The summed E-state index contributed by atoms with van der Waals surface area (Å²) in [6, 6.07) is 11.8. The molecule has 1 atom stereocenters. The van der Waals surface area contributed by atoms with Crippen molar-refractivity contribution in [2.24, 2.45) is 5.92 Å². The quantitative estimate of drug-likeness (QED) is 0.784. The van der Waals surface area contributed by atoms with Crippen molar-refractivity contribution in [3.63, 3.8) is 0 Å². The second-order valence-electron chi connectivity index (χ2n) is 6.47. The minimum Gasteiger partial charge on any atom is -0.489 e. The Kier molecular flexibility index (Phi) is 5.96. The van der Waals surface area contributed by atoms with Crippen molar-refractivity contribution in [1.29, 1.82) is 0 Å². The van der Waals surface area contributed by atoms with E-state index in [9.17, 15) is 14.0 Å². The van der Waals surface area contributed by atoms with Crippen molar-refractivity contribution in [3.05, 3.63) is 64.4 Å². The van der Waals surface area contributed by atoms with Crippen LogP contribution >= 0.6 is 11.6 Å². The first-order valence-electron chi connectivity index (χ1n) is 8.59. The van der Waals surface area contributed by atoms with E-state index in [-0.39, 0.29) is 25.5 Å². The number of carbonyl (C=O) groups excluding carboxylic acids is 1. The lowest BCUT2D eigenvalue weighted by Crippen LogP contribution is -2.28. The number of ether oxygens (including phenoxy) is 1. The normalized spacial score (nSPS) is 16.6. The molecule has 1 aliphatic heterocycles. The molecule has 1 saturated heterocycles. The number of halogens is 2. The molecule has 1 amide bonds. The number of hydrogen-bond donors (Lipinski definition) is 1. The number of rotatable bonds is 7. The molecule has 27 heavy (non-hydrogen) atoms. The SMILES string of the molecule is O=C(O)C1CC(=O)N(CCc2cccc(OCc3c(F)cccc3Cl)c2)C1. The molecule has 7 heteroatoms. The summed E-state index contributed by atoms with van der Waals surface area (Å²) in [5, 5.41) is 9.34. The first kappa shape index (κ1) is 19.2. The van der Waals surface area contributed by atoms with Gasteiger partial charge in [-0.3, -0.25) is 9.59 Å². The zero-order valence-corrected chi connectivity index (χ0v) is 15.3. The Bertz CT molecular complexity index is 837. The Morgan fingerprint density at radius 1 is 1.30 bits per heavy atom. The standard InChI is InChI=1S/C20H19ClFNO4/c21-17-5-2-6-18(22)16(17)12-27-15-4-1-3-13(9-15)7-8-23-11-14(20(25)26)10-19(23)24/h1-6,9,14H,7-8,10-12H2,(H,25,26). The van der Waals surface area contributed by atoms with Gasteiger partial charge >= 0.3 is 5.97 Å². The predicted molar refractivity (Wildman–Crippen MR) is 98.2 cm³/mol. The maximum Gasteiger partial charge on any atom is 0.308 e. The molecule has 1 heterocycles. The summed E-state index contributed by atoms with van der Waals surface area (Å²) in [4.78, 5) is 24.5. The highest BCUT2D eigenvalue weighted by Gasteiger charge is 2.33. The maximum atomic E-state index is 13.8. The second kappa shape index (κ2) is 8.39. The fourth-order valence-electron chi connectivity index (χ4n) is 3.03. The molecule has 1 fully saturated rings. The summed E-state index contributed by atoms with van der Waals surface area (Å²) < 4.78 is 19.5. The highest BCUT2D eigenvalue weighted by atomic mass is 35.5. The molecule has 142 valence electrons. The van der Waals surface area contributed by atoms with Gasteiger partial charge in [0.15, 0.2) is 0 Å². The van der Waals surface area contributed by atoms with E-state index in [1.54, 1.807) is 17.0 Å². The molecule has 2 aromatic carbocycles. The third-order valence-electron chi connectivity index (χ3n) is 4.58. The largest absolute Gasteiger partial charge is 0.489 e. The van der Waals surface area contributed by atoms with E-state index < -0.39 is 17.7 Å². The van der Waals surface area contributed by atoms with Crippen molar-refractivity contribution in [2.45, 2.75) is 19.4 Å². The number of benzene rings is 2. The van der Waals surface area contributed by atoms with Gasteiger partial charge in [-0.2, -0.15) is 0 Å². The third kappa shape index (κ3) is 4.77. The Hall–Kier alpha value is -2.60. The van der Waals surface area contributed by atoms with Gasteiger partial charge in [-0.05, 0) is 36.2 Å². The molecule has 0 aliphatic carbocycles. The van der Waals surface area contributed by atoms with Gasteiger partial charge in [0.1, 0.15) is 18.2 Å². The number of carbonyl (C=O) groups is 2. The summed E-state index contributed by atoms with van der Waals surface area (Å²) in [5.41, 5.74) is 1.24. The molecule has 1 N–H and O–H groups in total. The summed E-state index contributed by atoms with van der Waals surface area (Å²) in [5.74, 6) is -1.54. The van der Waals surface area contributed by atoms with Crippen LogP contribution in [0.5, 0.6) is 5.75 Å². The molecule has 0 aromatic heterocycles. The third-order valence-corrected chi connectivity index (χ3v) is 4.93. The predicted octanol–water partition coefficient (Wildman–Crippen LogP) is 3.53. The number of aliphatic carboxylic acids is 1. The van der Waals surface area contributed by atoms with Crippen LogP contribution < -0.4 is 4.74 Å². The first-order valence-corrected chi connectivity index (χ1v) is 8.97. The highest BCUT2D eigenvalue weighted by molar-refractivity contribution is 6.31. The zero-order valence-electron chi connectivity index (χ0n) is 14.5. The fourth-order valence-corrected chi connectivity index (χ4v) is 3.25. The number of hydrogen-bond acceptors (Lipinski definition) is 3. The topological polar surface area (TPSA) is 66.8 Å². The molecule has 3 rings (SSSR count). The van der Waals surface area contributed by atoms with Gasteiger partial charge in [0, 0.05) is 25.1 Å². The lowest BCUT2D eigenvalue weighted by Gasteiger charge is -2.16. The van der Waals surface area contributed by atoms with Crippen LogP contribution in [0.25, 0.3) is 0 Å². The Morgan fingerprint density at radius 2 is 2.07 bits per heavy atom. The molecular formula is C20H19ClFNO4. The lowest BCUT2D eigenvalue weighted by molar-refractivity contribution is -0.141. The molecule has 0 bridgehead atoms. The van der Waals surface area contributed by atoms with Crippen LogP contribution in [0.4, 0.5) is 4.39 Å². The van der Waals surface area contributed by atoms with Crippen molar-refractivity contribution < 1.29 is 23.8 Å². The number of amides is 1. The van der Waals surface area contributed by atoms with E-state index >= 15 is 0 Å². The first-order chi connectivity index (χ1) is 12.9. The smallest absolute Gasteiger partial charge is 0.308 e. The monoisotopic (exact) mass is 391 g/mol. The molecule has 1 unspecified atom stereocenters. The average Bonchev–Trinajstić information content (AvgIpc) is 3.01. The molecule has 0 spiro atoms. The maximum absolute atomic E-state index is 13.8. The number of likely N-dealkylation sites (tertiary alicyclic amines) is 1. The van der Waals surface area contributed by atoms with Gasteiger partial charge < -0.3 is 14.7 Å². The van der Waals surface area contributed by atoms with E-state index in [2.05, 4.69) is 0 Å². The second-order valence-corrected chi connectivity index (χ2v) is 6.87. The van der Waals surface area contributed by atoms with Gasteiger partial charge in [0.2, 0.25) is 5.91 Å². The van der Waals surface area contributed by atoms with Crippen LogP contribution in [0, 0.1) is 11.7 Å². The van der Waals surface area contributed by atoms with Crippen molar-refractivity contribution in [1.82, 2.24) is 4.90 Å². The number of carboxylic acid groups (broad SMARTS) is 1. The Morgan fingerprint density at radius 3 is 2.78 bits per heavy atom. The molecular weight excluding hydrogens is 373 g/mol. The van der Waals surface area contributed by atoms with Gasteiger partial charge in [-0.15, -0.1) is 0 Å². The van der Waals surface area contributed by atoms with E-state index in [0.717, 1.165) is 5.56 Å². The summed E-state index contributed by atoms with van der Waals surface area (Å²) in [6.45, 7) is 0.710. The van der Waals surface area contributed by atoms with Crippen molar-refractivity contribution in [2.75, 3.05) is 13.1 Å². The van der Waals surface area contributed by atoms with Gasteiger partial charge in [-0.25, -0.2) is 4.39 Å². The minimum absolute atomic E-state index is 0.0138. The van der Waals surface area contributed by atoms with Crippen LogP contribution in [0.1, 0.15) is 17.5 Å². The molecule has 2 aromatic rings.